The number of hydrogen-bond acceptors (Lipinski definition) is 3. The Labute approximate surface area is 227 Å². The van der Waals surface area contributed by atoms with E-state index in [0.29, 0.717) is 12.8 Å². The van der Waals surface area contributed by atoms with Crippen LogP contribution in [0.2, 0.25) is 5.04 Å². The molecular weight excluding hydrogens is 484 g/mol. The summed E-state index contributed by atoms with van der Waals surface area (Å²) in [4.78, 5) is 0. The van der Waals surface area contributed by atoms with E-state index in [1.807, 2.05) is 0 Å². The molecule has 0 saturated carbocycles. The minimum atomic E-state index is -2.72. The normalized spacial score (nSPS) is 20.7. The summed E-state index contributed by atoms with van der Waals surface area (Å²) in [7, 11) is -2.72. The van der Waals surface area contributed by atoms with Crippen LogP contribution in [-0.2, 0) is 9.16 Å². The van der Waals surface area contributed by atoms with Crippen molar-refractivity contribution in [1.82, 2.24) is 0 Å². The van der Waals surface area contributed by atoms with Gasteiger partial charge in [-0.05, 0) is 44.2 Å². The van der Waals surface area contributed by atoms with Crippen molar-refractivity contribution in [3.05, 3.63) is 114 Å². The van der Waals surface area contributed by atoms with Gasteiger partial charge in [-0.1, -0.05) is 130 Å². The van der Waals surface area contributed by atoms with Crippen LogP contribution in [-0.4, -0.2) is 31.9 Å². The zero-order valence-corrected chi connectivity index (χ0v) is 23.8. The largest absolute Gasteiger partial charge is 0.404 e. The first kappa shape index (κ1) is 26.6. The maximum atomic E-state index is 10.8. The molecule has 1 aliphatic heterocycles. The molecule has 1 N–H and O–H groups in total. The fourth-order valence-electron chi connectivity index (χ4n) is 5.88. The van der Waals surface area contributed by atoms with Crippen LogP contribution >= 0.6 is 0 Å². The molecule has 0 radical (unpaired) electrons. The molecule has 0 bridgehead atoms. The maximum Gasteiger partial charge on any atom is 0.261 e. The van der Waals surface area contributed by atoms with Gasteiger partial charge in [-0.3, -0.25) is 0 Å². The van der Waals surface area contributed by atoms with E-state index in [0.717, 1.165) is 0 Å². The van der Waals surface area contributed by atoms with Crippen molar-refractivity contribution < 1.29 is 14.3 Å². The summed E-state index contributed by atoms with van der Waals surface area (Å²) < 4.78 is 13.3. The van der Waals surface area contributed by atoms with Gasteiger partial charge in [-0.2, -0.15) is 0 Å². The molecule has 1 saturated heterocycles. The van der Waals surface area contributed by atoms with Gasteiger partial charge in [0.25, 0.3) is 8.32 Å². The number of aliphatic hydroxyl groups excluding tert-OH is 1. The Morgan fingerprint density at radius 1 is 0.816 bits per heavy atom. The van der Waals surface area contributed by atoms with Crippen LogP contribution in [0.4, 0.5) is 0 Å². The number of hydrogen-bond donors (Lipinski definition) is 1. The van der Waals surface area contributed by atoms with Crippen molar-refractivity contribution in [3.63, 3.8) is 0 Å². The lowest BCUT2D eigenvalue weighted by Crippen LogP contribution is -2.68. The molecule has 4 heteroatoms. The van der Waals surface area contributed by atoms with Crippen molar-refractivity contribution in [2.75, 3.05) is 0 Å². The van der Waals surface area contributed by atoms with Crippen LogP contribution < -0.4 is 10.4 Å². The first-order valence-corrected chi connectivity index (χ1v) is 15.5. The van der Waals surface area contributed by atoms with E-state index < -0.39 is 14.6 Å². The number of benzene rings is 4. The second-order valence-electron chi connectivity index (χ2n) is 11.4. The topological polar surface area (TPSA) is 38.7 Å². The zero-order valence-electron chi connectivity index (χ0n) is 22.8. The molecule has 0 aromatic heterocycles. The minimum Gasteiger partial charge on any atom is -0.404 e. The number of rotatable bonds is 6. The lowest BCUT2D eigenvalue weighted by molar-refractivity contribution is -0.172. The highest BCUT2D eigenvalue weighted by Crippen LogP contribution is 2.39. The summed E-state index contributed by atoms with van der Waals surface area (Å²) in [5, 5.41) is 15.6. The highest BCUT2D eigenvalue weighted by Gasteiger charge is 2.52. The Kier molecular flexibility index (Phi) is 7.69. The molecule has 4 aromatic rings. The fourth-order valence-corrected chi connectivity index (χ4v) is 10.6. The third-order valence-corrected chi connectivity index (χ3v) is 12.8. The Morgan fingerprint density at radius 3 is 2.05 bits per heavy atom. The van der Waals surface area contributed by atoms with Gasteiger partial charge in [0.1, 0.15) is 0 Å². The van der Waals surface area contributed by atoms with E-state index >= 15 is 0 Å². The summed E-state index contributed by atoms with van der Waals surface area (Å²) in [5.41, 5.74) is 2.41. The highest BCUT2D eigenvalue weighted by molar-refractivity contribution is 6.99. The lowest BCUT2D eigenvalue weighted by Gasteiger charge is -2.46. The maximum absolute atomic E-state index is 10.8. The Hall–Kier alpha value is -3.02. The molecule has 3 unspecified atom stereocenters. The van der Waals surface area contributed by atoms with Gasteiger partial charge in [0, 0.05) is 12.8 Å². The third-order valence-electron chi connectivity index (χ3n) is 7.72. The van der Waals surface area contributed by atoms with Crippen LogP contribution in [0.15, 0.2) is 103 Å². The van der Waals surface area contributed by atoms with E-state index in [9.17, 15) is 5.11 Å². The van der Waals surface area contributed by atoms with E-state index in [1.54, 1.807) is 0 Å². The molecule has 1 fully saturated rings. The molecule has 1 aliphatic rings. The molecule has 0 spiro atoms. The standard InChI is InChI=1S/C34H38O3Si/c1-25-19-20-26-13-11-12-18-32(26)31(25)22-21-27-23-28(24-33(35)36-27)37-38(34(2,3)4,29-14-7-5-8-15-29)30-16-9-6-10-17-30/h5-22,27-28,33,35H,23-24H2,1-4H3. The van der Waals surface area contributed by atoms with Gasteiger partial charge < -0.3 is 14.3 Å². The Morgan fingerprint density at radius 2 is 1.42 bits per heavy atom. The van der Waals surface area contributed by atoms with Gasteiger partial charge in [0.2, 0.25) is 0 Å². The van der Waals surface area contributed by atoms with Gasteiger partial charge >= 0.3 is 0 Å². The summed E-state index contributed by atoms with van der Waals surface area (Å²) in [5.74, 6) is 0. The fraction of sp³-hybridized carbons (Fsp3) is 0.294. The number of aryl methyl sites for hydroxylation is 1. The van der Waals surface area contributed by atoms with Crippen LogP contribution in [0.1, 0.15) is 44.7 Å². The van der Waals surface area contributed by atoms with Crippen LogP contribution in [0, 0.1) is 6.92 Å². The van der Waals surface area contributed by atoms with E-state index in [-0.39, 0.29) is 17.2 Å². The molecule has 1 heterocycles. The minimum absolute atomic E-state index is 0.121. The molecule has 0 amide bonds. The first-order chi connectivity index (χ1) is 18.3. The Bertz CT molecular complexity index is 1350. The van der Waals surface area contributed by atoms with Crippen molar-refractivity contribution in [1.29, 1.82) is 0 Å². The van der Waals surface area contributed by atoms with E-state index in [4.69, 9.17) is 9.16 Å². The summed E-state index contributed by atoms with van der Waals surface area (Å²) in [6.07, 6.45) is 4.17. The molecular formula is C34H38O3Si. The van der Waals surface area contributed by atoms with Crippen molar-refractivity contribution in [2.24, 2.45) is 0 Å². The van der Waals surface area contributed by atoms with Gasteiger partial charge in [-0.25, -0.2) is 0 Å². The molecule has 38 heavy (non-hydrogen) atoms. The highest BCUT2D eigenvalue weighted by atomic mass is 28.4. The van der Waals surface area contributed by atoms with Gasteiger partial charge in [-0.15, -0.1) is 0 Å². The number of ether oxygens (including phenoxy) is 1. The summed E-state index contributed by atoms with van der Waals surface area (Å²) >= 11 is 0. The van der Waals surface area contributed by atoms with Crippen LogP contribution in [0.5, 0.6) is 0 Å². The molecule has 5 rings (SSSR count). The van der Waals surface area contributed by atoms with Crippen LogP contribution in [0.3, 0.4) is 0 Å². The second-order valence-corrected chi connectivity index (χ2v) is 15.6. The average Bonchev–Trinajstić information content (AvgIpc) is 2.91. The Balaban J connectivity index is 1.48. The molecule has 3 atom stereocenters. The first-order valence-electron chi connectivity index (χ1n) is 13.6. The lowest BCUT2D eigenvalue weighted by atomic mass is 9.98. The SMILES string of the molecule is Cc1ccc2ccccc2c1C=CC1CC(O[Si](c2ccccc2)(c2ccccc2)C(C)(C)C)CC(O)O1. The second kappa shape index (κ2) is 11.0. The zero-order chi connectivity index (χ0) is 26.8. The smallest absolute Gasteiger partial charge is 0.261 e. The monoisotopic (exact) mass is 522 g/mol. The van der Waals surface area contributed by atoms with Crippen LogP contribution in [0.25, 0.3) is 16.8 Å². The molecule has 4 aromatic carbocycles. The van der Waals surface area contributed by atoms with Gasteiger partial charge in [0.15, 0.2) is 6.29 Å². The third kappa shape index (κ3) is 5.27. The number of fused-ring (bicyclic) bond motifs is 1. The summed E-state index contributed by atoms with van der Waals surface area (Å²) in [6, 6.07) is 34.1. The molecule has 196 valence electrons. The predicted molar refractivity (Wildman–Crippen MR) is 160 cm³/mol. The van der Waals surface area contributed by atoms with E-state index in [1.165, 1.54) is 32.3 Å². The molecule has 3 nitrogen and oxygen atoms in total. The van der Waals surface area contributed by atoms with Crippen molar-refractivity contribution in [3.8, 4) is 0 Å². The van der Waals surface area contributed by atoms with Crippen molar-refractivity contribution in [2.45, 2.75) is 64.1 Å². The predicted octanol–water partition coefficient (Wildman–Crippen LogP) is 6.60. The molecule has 0 aliphatic carbocycles. The van der Waals surface area contributed by atoms with Gasteiger partial charge in [0.05, 0.1) is 12.2 Å². The van der Waals surface area contributed by atoms with Crippen molar-refractivity contribution >= 4 is 35.5 Å². The van der Waals surface area contributed by atoms with E-state index in [2.05, 4.69) is 137 Å². The summed E-state index contributed by atoms with van der Waals surface area (Å²) in [6.45, 7) is 9.00. The quantitative estimate of drug-likeness (QED) is 0.290. The average molecular weight is 523 g/mol. The number of aliphatic hydroxyl groups is 1.